The molecule has 22 heavy (non-hydrogen) atoms. The molecule has 3 nitrogen and oxygen atoms in total. The zero-order chi connectivity index (χ0) is 15.9. The molecule has 1 aliphatic heterocycles. The van der Waals surface area contributed by atoms with Crippen LogP contribution < -0.4 is 4.74 Å². The molecule has 0 amide bonds. The summed E-state index contributed by atoms with van der Waals surface area (Å²) >= 11 is 0. The van der Waals surface area contributed by atoms with Gasteiger partial charge in [0.15, 0.2) is 0 Å². The summed E-state index contributed by atoms with van der Waals surface area (Å²) in [5, 5.41) is 1.10. The van der Waals surface area contributed by atoms with Gasteiger partial charge in [0.2, 0.25) is 0 Å². The van der Waals surface area contributed by atoms with E-state index in [0.29, 0.717) is 5.92 Å². The number of pyridine rings is 1. The summed E-state index contributed by atoms with van der Waals surface area (Å²) < 4.78 is 11.4. The maximum Gasteiger partial charge on any atom is 0.130 e. The van der Waals surface area contributed by atoms with Gasteiger partial charge in [-0.2, -0.15) is 0 Å². The van der Waals surface area contributed by atoms with E-state index in [4.69, 9.17) is 9.47 Å². The van der Waals surface area contributed by atoms with E-state index in [0.717, 1.165) is 35.4 Å². The number of hydrogen-bond acceptors (Lipinski definition) is 3. The van der Waals surface area contributed by atoms with E-state index in [2.05, 4.69) is 44.0 Å². The Labute approximate surface area is 132 Å². The van der Waals surface area contributed by atoms with Gasteiger partial charge < -0.3 is 9.47 Å². The maximum atomic E-state index is 5.82. The molecule has 0 saturated carbocycles. The number of aryl methyl sites for hydroxylation is 1. The molecule has 1 fully saturated rings. The fourth-order valence-electron chi connectivity index (χ4n) is 3.60. The third-order valence-electron chi connectivity index (χ3n) is 5.49. The summed E-state index contributed by atoms with van der Waals surface area (Å²) in [4.78, 5) is 4.62. The summed E-state index contributed by atoms with van der Waals surface area (Å²) in [6.07, 6.45) is 1.33. The largest absolute Gasteiger partial charge is 0.496 e. The summed E-state index contributed by atoms with van der Waals surface area (Å²) in [5.41, 5.74) is 3.46. The summed E-state index contributed by atoms with van der Waals surface area (Å²) in [6, 6.07) is 8.61. The summed E-state index contributed by atoms with van der Waals surface area (Å²) in [6.45, 7) is 9.64. The van der Waals surface area contributed by atoms with Crippen LogP contribution in [0.1, 0.15) is 38.4 Å². The molecule has 1 aromatic carbocycles. The van der Waals surface area contributed by atoms with Crippen molar-refractivity contribution in [3.8, 4) is 5.75 Å². The van der Waals surface area contributed by atoms with E-state index in [1.165, 1.54) is 5.56 Å². The molecule has 2 heterocycles. The van der Waals surface area contributed by atoms with Crippen LogP contribution in [0.25, 0.3) is 10.9 Å². The first-order valence-electron chi connectivity index (χ1n) is 8.03. The molecule has 2 unspecified atom stereocenters. The molecule has 3 atom stereocenters. The summed E-state index contributed by atoms with van der Waals surface area (Å²) in [7, 11) is 1.72. The predicted molar refractivity (Wildman–Crippen MR) is 89.6 cm³/mol. The van der Waals surface area contributed by atoms with Gasteiger partial charge in [-0.05, 0) is 49.3 Å². The number of ether oxygens (including phenoxy) is 2. The van der Waals surface area contributed by atoms with Crippen molar-refractivity contribution in [2.24, 2.45) is 5.92 Å². The fourth-order valence-corrected chi connectivity index (χ4v) is 3.60. The Morgan fingerprint density at radius 1 is 1.27 bits per heavy atom. The number of aromatic nitrogens is 1. The van der Waals surface area contributed by atoms with Gasteiger partial charge in [0, 0.05) is 23.8 Å². The van der Waals surface area contributed by atoms with Crippen LogP contribution in [0.5, 0.6) is 5.75 Å². The smallest absolute Gasteiger partial charge is 0.130 e. The first-order valence-corrected chi connectivity index (χ1v) is 8.03. The number of fused-ring (bicyclic) bond motifs is 1. The van der Waals surface area contributed by atoms with Crippen LogP contribution in [-0.4, -0.2) is 24.8 Å². The van der Waals surface area contributed by atoms with Crippen molar-refractivity contribution >= 4 is 10.9 Å². The lowest BCUT2D eigenvalue weighted by molar-refractivity contribution is -0.0489. The number of rotatable bonds is 2. The fraction of sp³-hybridized carbons (Fsp3) is 0.526. The lowest BCUT2D eigenvalue weighted by Crippen LogP contribution is -2.43. The zero-order valence-electron chi connectivity index (χ0n) is 14.1. The molecule has 0 N–H and O–H groups in total. The average Bonchev–Trinajstić information content (AvgIpc) is 2.51. The van der Waals surface area contributed by atoms with E-state index in [9.17, 15) is 0 Å². The van der Waals surface area contributed by atoms with Crippen molar-refractivity contribution in [3.63, 3.8) is 0 Å². The Hall–Kier alpha value is -1.61. The second-order valence-corrected chi connectivity index (χ2v) is 6.73. The van der Waals surface area contributed by atoms with Gasteiger partial charge in [-0.15, -0.1) is 0 Å². The molecule has 1 aromatic heterocycles. The van der Waals surface area contributed by atoms with Gasteiger partial charge >= 0.3 is 0 Å². The van der Waals surface area contributed by atoms with Gasteiger partial charge in [-0.1, -0.05) is 19.9 Å². The van der Waals surface area contributed by atoms with Crippen molar-refractivity contribution in [1.82, 2.24) is 4.98 Å². The molecule has 1 aliphatic rings. The lowest BCUT2D eigenvalue weighted by Gasteiger charge is -2.44. The van der Waals surface area contributed by atoms with E-state index in [1.807, 2.05) is 13.0 Å². The molecule has 0 bridgehead atoms. The topological polar surface area (TPSA) is 31.4 Å². The number of benzene rings is 1. The van der Waals surface area contributed by atoms with Gasteiger partial charge in [-0.25, -0.2) is 0 Å². The molecule has 2 aromatic rings. The Bertz CT molecular complexity index is 697. The maximum absolute atomic E-state index is 5.82. The van der Waals surface area contributed by atoms with Crippen LogP contribution in [0.4, 0.5) is 0 Å². The standard InChI is InChI=1S/C19H25NO2/c1-12-10-18(21-5)16-11-15(6-7-17(16)20-12)19(4)8-9-22-14(3)13(19)2/h6-7,10-11,13-14H,8-9H2,1-5H3/t13?,14?,19-/m1/s1. The van der Waals surface area contributed by atoms with Gasteiger partial charge in [0.25, 0.3) is 0 Å². The third-order valence-corrected chi connectivity index (χ3v) is 5.49. The first-order chi connectivity index (χ1) is 10.5. The SMILES string of the molecule is COc1cc(C)nc2ccc([C@]3(C)CCOC(C)C3C)cc12. The first kappa shape index (κ1) is 15.3. The lowest BCUT2D eigenvalue weighted by atomic mass is 9.67. The van der Waals surface area contributed by atoms with Crippen LogP contribution in [0, 0.1) is 12.8 Å². The average molecular weight is 299 g/mol. The Kier molecular flexibility index (Phi) is 3.85. The van der Waals surface area contributed by atoms with Crippen molar-refractivity contribution in [3.05, 3.63) is 35.5 Å². The number of hydrogen-bond donors (Lipinski definition) is 0. The molecule has 0 radical (unpaired) electrons. The van der Waals surface area contributed by atoms with Crippen LogP contribution in [0.3, 0.4) is 0 Å². The van der Waals surface area contributed by atoms with Crippen LogP contribution in [0.15, 0.2) is 24.3 Å². The number of nitrogens with zero attached hydrogens (tertiary/aromatic N) is 1. The Morgan fingerprint density at radius 2 is 2.05 bits per heavy atom. The van der Waals surface area contributed by atoms with Crippen LogP contribution in [0.2, 0.25) is 0 Å². The minimum Gasteiger partial charge on any atom is -0.496 e. The van der Waals surface area contributed by atoms with Crippen molar-refractivity contribution in [2.75, 3.05) is 13.7 Å². The van der Waals surface area contributed by atoms with Crippen LogP contribution >= 0.6 is 0 Å². The molecule has 3 rings (SSSR count). The second kappa shape index (κ2) is 5.54. The Morgan fingerprint density at radius 3 is 2.77 bits per heavy atom. The van der Waals surface area contributed by atoms with Crippen molar-refractivity contribution in [2.45, 2.75) is 45.6 Å². The highest BCUT2D eigenvalue weighted by molar-refractivity contribution is 5.86. The van der Waals surface area contributed by atoms with Crippen molar-refractivity contribution < 1.29 is 9.47 Å². The summed E-state index contributed by atoms with van der Waals surface area (Å²) in [5.74, 6) is 1.38. The molecule has 0 spiro atoms. The van der Waals surface area contributed by atoms with Crippen LogP contribution in [-0.2, 0) is 10.2 Å². The molecule has 3 heteroatoms. The molecule has 118 valence electrons. The molecule has 0 aliphatic carbocycles. The highest BCUT2D eigenvalue weighted by atomic mass is 16.5. The highest BCUT2D eigenvalue weighted by Crippen LogP contribution is 2.42. The Balaban J connectivity index is 2.14. The molecule has 1 saturated heterocycles. The minimum atomic E-state index is 0.127. The molecular weight excluding hydrogens is 274 g/mol. The quantitative estimate of drug-likeness (QED) is 0.830. The van der Waals surface area contributed by atoms with E-state index < -0.39 is 0 Å². The van der Waals surface area contributed by atoms with Crippen molar-refractivity contribution in [1.29, 1.82) is 0 Å². The highest BCUT2D eigenvalue weighted by Gasteiger charge is 2.39. The monoisotopic (exact) mass is 299 g/mol. The normalized spacial score (nSPS) is 28.8. The van der Waals surface area contributed by atoms with Gasteiger partial charge in [0.05, 0.1) is 18.7 Å². The minimum absolute atomic E-state index is 0.127. The van der Waals surface area contributed by atoms with E-state index in [1.54, 1.807) is 7.11 Å². The molecular formula is C19H25NO2. The second-order valence-electron chi connectivity index (χ2n) is 6.73. The van der Waals surface area contributed by atoms with Gasteiger partial charge in [-0.3, -0.25) is 4.98 Å². The van der Waals surface area contributed by atoms with E-state index >= 15 is 0 Å². The third kappa shape index (κ3) is 2.38. The number of methoxy groups -OCH3 is 1. The predicted octanol–water partition coefficient (Wildman–Crippen LogP) is 4.25. The van der Waals surface area contributed by atoms with Gasteiger partial charge in [0.1, 0.15) is 5.75 Å². The van der Waals surface area contributed by atoms with E-state index in [-0.39, 0.29) is 11.5 Å². The zero-order valence-corrected chi connectivity index (χ0v) is 14.1.